The summed E-state index contributed by atoms with van der Waals surface area (Å²) in [5.74, 6) is 1.77. The maximum absolute atomic E-state index is 5.88. The van der Waals surface area contributed by atoms with Crippen molar-refractivity contribution in [2.75, 3.05) is 0 Å². The first kappa shape index (κ1) is 13.7. The summed E-state index contributed by atoms with van der Waals surface area (Å²) < 4.78 is 2.03. The van der Waals surface area contributed by atoms with Crippen LogP contribution in [0.1, 0.15) is 5.56 Å². The van der Waals surface area contributed by atoms with Gasteiger partial charge in [-0.25, -0.2) is 0 Å². The van der Waals surface area contributed by atoms with Gasteiger partial charge in [-0.2, -0.15) is 0 Å². The van der Waals surface area contributed by atoms with Crippen LogP contribution in [-0.2, 0) is 12.8 Å². The second-order valence-electron chi connectivity index (χ2n) is 4.26. The minimum atomic E-state index is 0.761. The Morgan fingerprint density at radius 3 is 2.70 bits per heavy atom. The largest absolute Gasteiger partial charge is 0.304 e. The summed E-state index contributed by atoms with van der Waals surface area (Å²) in [5.41, 5.74) is 1.22. The normalized spacial score (nSPS) is 10.9. The van der Waals surface area contributed by atoms with Gasteiger partial charge in [-0.1, -0.05) is 41.6 Å². The van der Waals surface area contributed by atoms with Crippen molar-refractivity contribution in [1.29, 1.82) is 0 Å². The van der Waals surface area contributed by atoms with Crippen molar-refractivity contribution in [3.05, 3.63) is 52.4 Å². The molecule has 3 rings (SSSR count). The van der Waals surface area contributed by atoms with Gasteiger partial charge in [0.2, 0.25) is 0 Å². The first-order chi connectivity index (χ1) is 9.74. The minimum Gasteiger partial charge on any atom is -0.304 e. The van der Waals surface area contributed by atoms with Crippen LogP contribution in [0.4, 0.5) is 0 Å². The highest BCUT2D eigenvalue weighted by Gasteiger charge is 2.11. The molecule has 0 aliphatic rings. The minimum absolute atomic E-state index is 0.761. The van der Waals surface area contributed by atoms with Crippen molar-refractivity contribution >= 4 is 34.7 Å². The molecule has 0 spiro atoms. The van der Waals surface area contributed by atoms with E-state index < -0.39 is 0 Å². The third-order valence-electron chi connectivity index (χ3n) is 2.86. The lowest BCUT2D eigenvalue weighted by Gasteiger charge is -2.03. The molecule has 0 saturated carbocycles. The molecule has 0 fully saturated rings. The second kappa shape index (κ2) is 5.99. The molecule has 0 amide bonds. The Balaban J connectivity index is 1.74. The van der Waals surface area contributed by atoms with E-state index in [-0.39, 0.29) is 0 Å². The molecule has 0 radical (unpaired) electrons. The molecule has 20 heavy (non-hydrogen) atoms. The Morgan fingerprint density at radius 1 is 1.20 bits per heavy atom. The van der Waals surface area contributed by atoms with E-state index in [0.29, 0.717) is 0 Å². The number of benzene rings is 1. The molecular weight excluding hydrogens is 310 g/mol. The molecule has 0 atom stereocenters. The zero-order chi connectivity index (χ0) is 13.9. The van der Waals surface area contributed by atoms with Crippen molar-refractivity contribution in [2.24, 2.45) is 7.05 Å². The zero-order valence-electron chi connectivity index (χ0n) is 10.8. The average Bonchev–Trinajstić information content (AvgIpc) is 3.08. The summed E-state index contributed by atoms with van der Waals surface area (Å²) >= 11 is 9.23. The molecule has 3 aromatic rings. The fourth-order valence-corrected chi connectivity index (χ4v) is 3.53. The van der Waals surface area contributed by atoms with Gasteiger partial charge in [-0.15, -0.1) is 21.5 Å². The monoisotopic (exact) mass is 321 g/mol. The quantitative estimate of drug-likeness (QED) is 0.663. The highest BCUT2D eigenvalue weighted by Crippen LogP contribution is 2.27. The second-order valence-corrected chi connectivity index (χ2v) is 6.58. The van der Waals surface area contributed by atoms with Gasteiger partial charge in [0.05, 0.1) is 4.88 Å². The maximum Gasteiger partial charge on any atom is 0.191 e. The summed E-state index contributed by atoms with van der Waals surface area (Å²) in [6.45, 7) is 0. The first-order valence-corrected chi connectivity index (χ1v) is 8.29. The highest BCUT2D eigenvalue weighted by atomic mass is 35.5. The van der Waals surface area contributed by atoms with E-state index in [2.05, 4.69) is 16.3 Å². The van der Waals surface area contributed by atoms with Crippen molar-refractivity contribution in [3.8, 4) is 10.7 Å². The van der Waals surface area contributed by atoms with Crippen molar-refractivity contribution in [1.82, 2.24) is 14.8 Å². The summed E-state index contributed by atoms with van der Waals surface area (Å²) in [4.78, 5) is 1.14. The topological polar surface area (TPSA) is 30.7 Å². The molecule has 0 saturated heterocycles. The van der Waals surface area contributed by atoms with Crippen LogP contribution < -0.4 is 0 Å². The molecule has 0 N–H and O–H groups in total. The summed E-state index contributed by atoms with van der Waals surface area (Å²) in [5, 5.41) is 12.3. The van der Waals surface area contributed by atoms with Gasteiger partial charge in [0, 0.05) is 17.8 Å². The van der Waals surface area contributed by atoms with E-state index in [0.717, 1.165) is 26.6 Å². The lowest BCUT2D eigenvalue weighted by atomic mass is 10.2. The summed E-state index contributed by atoms with van der Waals surface area (Å²) in [7, 11) is 2.00. The van der Waals surface area contributed by atoms with Gasteiger partial charge in [0.25, 0.3) is 0 Å². The van der Waals surface area contributed by atoms with Crippen LogP contribution in [0.3, 0.4) is 0 Å². The van der Waals surface area contributed by atoms with E-state index in [9.17, 15) is 0 Å². The third-order valence-corrected chi connectivity index (χ3v) is 5.07. The van der Waals surface area contributed by atoms with Crippen LogP contribution in [-0.4, -0.2) is 14.8 Å². The number of thiophene rings is 1. The molecule has 0 aliphatic heterocycles. The fourth-order valence-electron chi connectivity index (χ4n) is 1.79. The predicted octanol–water partition coefficient (Wildman–Crippen LogP) is 4.49. The maximum atomic E-state index is 5.88. The molecule has 0 aliphatic carbocycles. The van der Waals surface area contributed by atoms with Crippen molar-refractivity contribution < 1.29 is 0 Å². The number of rotatable bonds is 4. The van der Waals surface area contributed by atoms with Gasteiger partial charge in [-0.3, -0.25) is 0 Å². The predicted molar refractivity (Wildman–Crippen MR) is 85.3 cm³/mol. The standard InChI is InChI=1S/C14H12ClN3S2/c1-18-13(12-3-2-8-19-12)16-17-14(18)20-9-10-4-6-11(15)7-5-10/h2-8H,9H2,1H3. The van der Waals surface area contributed by atoms with Crippen LogP contribution >= 0.6 is 34.7 Å². The van der Waals surface area contributed by atoms with Crippen LogP contribution in [0, 0.1) is 0 Å². The number of halogens is 1. The lowest BCUT2D eigenvalue weighted by molar-refractivity contribution is 0.794. The molecule has 6 heteroatoms. The smallest absolute Gasteiger partial charge is 0.191 e. The Morgan fingerprint density at radius 2 is 2.00 bits per heavy atom. The Kier molecular flexibility index (Phi) is 4.10. The van der Waals surface area contributed by atoms with Gasteiger partial charge in [0.1, 0.15) is 0 Å². The molecule has 1 aromatic carbocycles. The highest BCUT2D eigenvalue weighted by molar-refractivity contribution is 7.98. The van der Waals surface area contributed by atoms with Crippen LogP contribution in [0.2, 0.25) is 5.02 Å². The third kappa shape index (κ3) is 2.90. The SMILES string of the molecule is Cn1c(SCc2ccc(Cl)cc2)nnc1-c1cccs1. The summed E-state index contributed by atoms with van der Waals surface area (Å²) in [6.07, 6.45) is 0. The molecule has 2 aromatic heterocycles. The lowest BCUT2D eigenvalue weighted by Crippen LogP contribution is -1.93. The summed E-state index contributed by atoms with van der Waals surface area (Å²) in [6, 6.07) is 12.0. The molecule has 3 nitrogen and oxygen atoms in total. The van der Waals surface area contributed by atoms with Crippen LogP contribution in [0.5, 0.6) is 0 Å². The first-order valence-electron chi connectivity index (χ1n) is 6.04. The average molecular weight is 322 g/mol. The Hall–Kier alpha value is -1.30. The number of hydrogen-bond donors (Lipinski definition) is 0. The van der Waals surface area contributed by atoms with E-state index in [1.807, 2.05) is 47.3 Å². The number of nitrogens with zero attached hydrogens (tertiary/aromatic N) is 3. The zero-order valence-corrected chi connectivity index (χ0v) is 13.2. The van der Waals surface area contributed by atoms with Gasteiger partial charge in [-0.05, 0) is 29.1 Å². The number of thioether (sulfide) groups is 1. The van der Waals surface area contributed by atoms with Crippen molar-refractivity contribution in [3.63, 3.8) is 0 Å². The number of aromatic nitrogens is 3. The molecule has 102 valence electrons. The van der Waals surface area contributed by atoms with E-state index >= 15 is 0 Å². The van der Waals surface area contributed by atoms with Crippen LogP contribution in [0.25, 0.3) is 10.7 Å². The molecule has 2 heterocycles. The molecule has 0 unspecified atom stereocenters. The van der Waals surface area contributed by atoms with Crippen molar-refractivity contribution in [2.45, 2.75) is 10.9 Å². The number of hydrogen-bond acceptors (Lipinski definition) is 4. The van der Waals surface area contributed by atoms with Crippen LogP contribution in [0.15, 0.2) is 46.9 Å². The van der Waals surface area contributed by atoms with E-state index in [1.165, 1.54) is 5.56 Å². The molecule has 0 bridgehead atoms. The van der Waals surface area contributed by atoms with E-state index in [1.54, 1.807) is 23.1 Å². The fraction of sp³-hybridized carbons (Fsp3) is 0.143. The van der Waals surface area contributed by atoms with Gasteiger partial charge < -0.3 is 4.57 Å². The Labute approximate surface area is 130 Å². The Bertz CT molecular complexity index is 690. The molecular formula is C14H12ClN3S2. The van der Waals surface area contributed by atoms with Gasteiger partial charge >= 0.3 is 0 Å². The van der Waals surface area contributed by atoms with Gasteiger partial charge in [0.15, 0.2) is 11.0 Å². The van der Waals surface area contributed by atoms with E-state index in [4.69, 9.17) is 11.6 Å².